The third-order valence-electron chi connectivity index (χ3n) is 7.93. The van der Waals surface area contributed by atoms with Crippen LogP contribution < -0.4 is 4.74 Å². The van der Waals surface area contributed by atoms with E-state index in [0.29, 0.717) is 19.4 Å². The van der Waals surface area contributed by atoms with Crippen molar-refractivity contribution in [3.05, 3.63) is 77.5 Å². The molecule has 5 nitrogen and oxygen atoms in total. The zero-order valence-corrected chi connectivity index (χ0v) is 26.2. The monoisotopic (exact) mass is 573 g/mol. The number of para-hydroxylation sites is 1. The Morgan fingerprint density at radius 1 is 0.762 bits per heavy atom. The van der Waals surface area contributed by atoms with E-state index < -0.39 is 0 Å². The van der Waals surface area contributed by atoms with Crippen LogP contribution in [0.3, 0.4) is 0 Å². The molecular formula is C37H51NO4. The van der Waals surface area contributed by atoms with Gasteiger partial charge in [0.2, 0.25) is 0 Å². The Morgan fingerprint density at radius 3 is 2.05 bits per heavy atom. The van der Waals surface area contributed by atoms with Crippen LogP contribution in [0.5, 0.6) is 5.75 Å². The zero-order valence-electron chi connectivity index (χ0n) is 26.2. The Hall–Kier alpha value is -3.34. The molecule has 0 amide bonds. The number of aryl methyl sites for hydroxylation is 1. The number of rotatable bonds is 21. The first-order chi connectivity index (χ1) is 20.5. The predicted molar refractivity (Wildman–Crippen MR) is 173 cm³/mol. The van der Waals surface area contributed by atoms with Crippen molar-refractivity contribution >= 4 is 22.7 Å². The van der Waals surface area contributed by atoms with Gasteiger partial charge in [0.15, 0.2) is 5.78 Å². The number of unbranched alkanes of at least 4 members (excludes halogenated alkanes) is 8. The van der Waals surface area contributed by atoms with Crippen molar-refractivity contribution < 1.29 is 19.1 Å². The molecule has 1 aromatic heterocycles. The second-order valence-electron chi connectivity index (χ2n) is 11.4. The Kier molecular flexibility index (Phi) is 15.0. The highest BCUT2D eigenvalue weighted by molar-refractivity contribution is 6.13. The van der Waals surface area contributed by atoms with Crippen LogP contribution in [0.4, 0.5) is 0 Å². The predicted octanol–water partition coefficient (Wildman–Crippen LogP) is 10.0. The Labute approximate surface area is 253 Å². The van der Waals surface area contributed by atoms with Crippen LogP contribution >= 0.6 is 0 Å². The summed E-state index contributed by atoms with van der Waals surface area (Å²) in [5.74, 6) is 0.656. The molecule has 228 valence electrons. The highest BCUT2D eigenvalue weighted by Crippen LogP contribution is 2.25. The fourth-order valence-corrected chi connectivity index (χ4v) is 5.42. The molecule has 42 heavy (non-hydrogen) atoms. The number of methoxy groups -OCH3 is 1. The van der Waals surface area contributed by atoms with Crippen LogP contribution in [-0.2, 0) is 22.7 Å². The molecule has 0 aliphatic carbocycles. The second-order valence-corrected chi connectivity index (χ2v) is 11.4. The number of hydrogen-bond acceptors (Lipinski definition) is 4. The Morgan fingerprint density at radius 2 is 1.40 bits per heavy atom. The van der Waals surface area contributed by atoms with Gasteiger partial charge in [-0.25, -0.2) is 0 Å². The number of ether oxygens (including phenoxy) is 2. The summed E-state index contributed by atoms with van der Waals surface area (Å²) in [7, 11) is 1.63. The first-order valence-corrected chi connectivity index (χ1v) is 16.2. The number of carbonyl (C=O) groups excluding carboxylic acids is 2. The number of ketones is 1. The summed E-state index contributed by atoms with van der Waals surface area (Å²) in [5.41, 5.74) is 4.01. The SMILES string of the molecule is CCCCCCCC(=CC(=O)c1cn(CCCC(=O)OCc2ccc(OC)cc2)c2ccccc12)CCCCCCC. The molecule has 0 spiro atoms. The minimum absolute atomic E-state index is 0.0981. The van der Waals surface area contributed by atoms with Crippen molar-refractivity contribution in [1.82, 2.24) is 4.57 Å². The van der Waals surface area contributed by atoms with Gasteiger partial charge in [-0.3, -0.25) is 9.59 Å². The minimum atomic E-state index is -0.218. The summed E-state index contributed by atoms with van der Waals surface area (Å²) >= 11 is 0. The van der Waals surface area contributed by atoms with Gasteiger partial charge < -0.3 is 14.0 Å². The molecule has 3 aromatic rings. The van der Waals surface area contributed by atoms with Crippen LogP contribution in [0.1, 0.15) is 120 Å². The molecule has 0 atom stereocenters. The topological polar surface area (TPSA) is 57.5 Å². The maximum absolute atomic E-state index is 13.6. The van der Waals surface area contributed by atoms with E-state index in [2.05, 4.69) is 24.5 Å². The van der Waals surface area contributed by atoms with E-state index >= 15 is 0 Å². The molecule has 3 rings (SSSR count). The Bertz CT molecular complexity index is 1240. The van der Waals surface area contributed by atoms with Gasteiger partial charge in [-0.2, -0.15) is 0 Å². The van der Waals surface area contributed by atoms with E-state index in [1.165, 1.54) is 56.9 Å². The van der Waals surface area contributed by atoms with E-state index in [-0.39, 0.29) is 18.4 Å². The van der Waals surface area contributed by atoms with Gasteiger partial charge >= 0.3 is 5.97 Å². The number of carbonyl (C=O) groups is 2. The number of nitrogens with zero attached hydrogens (tertiary/aromatic N) is 1. The van der Waals surface area contributed by atoms with E-state index in [1.807, 2.05) is 54.7 Å². The first-order valence-electron chi connectivity index (χ1n) is 16.2. The highest BCUT2D eigenvalue weighted by Gasteiger charge is 2.15. The standard InChI is InChI=1S/C37H51NO4/c1-4-6-8-10-12-17-30(18-13-11-9-7-5-2)27-36(39)34-28-38(35-20-15-14-19-33(34)35)26-16-21-37(40)42-29-31-22-24-32(41-3)25-23-31/h14-15,19-20,22-25,27-28H,4-13,16-18,21,26,29H2,1-3H3. The maximum atomic E-state index is 13.6. The quantitative estimate of drug-likeness (QED) is 0.0551. The summed E-state index contributed by atoms with van der Waals surface area (Å²) in [6, 6.07) is 15.6. The van der Waals surface area contributed by atoms with Crippen molar-refractivity contribution in [2.24, 2.45) is 0 Å². The average Bonchev–Trinajstić information content (AvgIpc) is 3.38. The molecule has 0 fully saturated rings. The lowest BCUT2D eigenvalue weighted by atomic mass is 9.97. The number of hydrogen-bond donors (Lipinski definition) is 0. The van der Waals surface area contributed by atoms with E-state index in [4.69, 9.17) is 9.47 Å². The van der Waals surface area contributed by atoms with Gasteiger partial charge in [0, 0.05) is 35.6 Å². The molecule has 2 aromatic carbocycles. The summed E-state index contributed by atoms with van der Waals surface area (Å²) in [5, 5.41) is 0.978. The lowest BCUT2D eigenvalue weighted by Crippen LogP contribution is -2.06. The zero-order chi connectivity index (χ0) is 30.0. The van der Waals surface area contributed by atoms with Gasteiger partial charge in [0.1, 0.15) is 12.4 Å². The lowest BCUT2D eigenvalue weighted by molar-refractivity contribution is -0.145. The fourth-order valence-electron chi connectivity index (χ4n) is 5.42. The van der Waals surface area contributed by atoms with Gasteiger partial charge in [0.05, 0.1) is 7.11 Å². The summed E-state index contributed by atoms with van der Waals surface area (Å²) < 4.78 is 12.8. The molecule has 0 saturated carbocycles. The summed E-state index contributed by atoms with van der Waals surface area (Å²) in [6.07, 6.45) is 19.3. The third-order valence-corrected chi connectivity index (χ3v) is 7.93. The van der Waals surface area contributed by atoms with Crippen molar-refractivity contribution in [3.63, 3.8) is 0 Å². The number of fused-ring (bicyclic) bond motifs is 1. The number of esters is 1. The summed E-state index contributed by atoms with van der Waals surface area (Å²) in [4.78, 5) is 26.0. The highest BCUT2D eigenvalue weighted by atomic mass is 16.5. The van der Waals surface area contributed by atoms with Gasteiger partial charge in [0.25, 0.3) is 0 Å². The first kappa shape index (κ1) is 33.2. The average molecular weight is 574 g/mol. The number of allylic oxidation sites excluding steroid dienone is 2. The molecule has 0 aliphatic heterocycles. The molecule has 1 heterocycles. The molecule has 0 saturated heterocycles. The van der Waals surface area contributed by atoms with Crippen molar-refractivity contribution in [2.75, 3.05) is 7.11 Å². The largest absolute Gasteiger partial charge is 0.497 e. The second kappa shape index (κ2) is 19.0. The van der Waals surface area contributed by atoms with Crippen molar-refractivity contribution in [1.29, 1.82) is 0 Å². The van der Waals surface area contributed by atoms with Crippen molar-refractivity contribution in [2.45, 2.75) is 117 Å². The van der Waals surface area contributed by atoms with Crippen LogP contribution in [-0.4, -0.2) is 23.4 Å². The van der Waals surface area contributed by atoms with Crippen LogP contribution in [0, 0.1) is 0 Å². The molecule has 0 radical (unpaired) electrons. The molecule has 0 aliphatic rings. The molecule has 5 heteroatoms. The smallest absolute Gasteiger partial charge is 0.306 e. The van der Waals surface area contributed by atoms with Gasteiger partial charge in [-0.1, -0.05) is 101 Å². The Balaban J connectivity index is 1.61. The van der Waals surface area contributed by atoms with Gasteiger partial charge in [-0.05, 0) is 61.9 Å². The number of aromatic nitrogens is 1. The summed E-state index contributed by atoms with van der Waals surface area (Å²) in [6.45, 7) is 5.38. The molecule has 0 unspecified atom stereocenters. The van der Waals surface area contributed by atoms with E-state index in [1.54, 1.807) is 7.11 Å². The van der Waals surface area contributed by atoms with Crippen LogP contribution in [0.15, 0.2) is 66.4 Å². The van der Waals surface area contributed by atoms with E-state index in [0.717, 1.165) is 53.5 Å². The van der Waals surface area contributed by atoms with E-state index in [9.17, 15) is 9.59 Å². The maximum Gasteiger partial charge on any atom is 0.306 e. The normalized spacial score (nSPS) is 11.0. The molecular weight excluding hydrogens is 522 g/mol. The minimum Gasteiger partial charge on any atom is -0.497 e. The third kappa shape index (κ3) is 11.2. The lowest BCUT2D eigenvalue weighted by Gasteiger charge is -2.08. The van der Waals surface area contributed by atoms with Crippen molar-refractivity contribution in [3.8, 4) is 5.75 Å². The number of benzene rings is 2. The molecule has 0 bridgehead atoms. The van der Waals surface area contributed by atoms with Gasteiger partial charge in [-0.15, -0.1) is 0 Å². The van der Waals surface area contributed by atoms with Crippen LogP contribution in [0.25, 0.3) is 10.9 Å². The van der Waals surface area contributed by atoms with Crippen LogP contribution in [0.2, 0.25) is 0 Å². The molecule has 0 N–H and O–H groups in total. The fraction of sp³-hybridized carbons (Fsp3) is 0.514.